The maximum atomic E-state index is 12.5. The van der Waals surface area contributed by atoms with Gasteiger partial charge in [0.1, 0.15) is 0 Å². The molecular formula is C21H31N3O4. The smallest absolute Gasteiger partial charge is 0.260 e. The molecule has 1 N–H and O–H groups in total. The molecule has 7 heteroatoms. The first-order valence-corrected chi connectivity index (χ1v) is 9.63. The number of methoxy groups -OCH3 is 1. The molecule has 1 aliphatic rings. The van der Waals surface area contributed by atoms with Crippen LogP contribution in [0.4, 0.5) is 0 Å². The van der Waals surface area contributed by atoms with Crippen molar-refractivity contribution in [1.29, 1.82) is 0 Å². The van der Waals surface area contributed by atoms with Crippen molar-refractivity contribution in [2.24, 2.45) is 0 Å². The summed E-state index contributed by atoms with van der Waals surface area (Å²) in [6.45, 7) is 10.5. The fourth-order valence-electron chi connectivity index (χ4n) is 3.08. The number of ether oxygens (including phenoxy) is 2. The van der Waals surface area contributed by atoms with Gasteiger partial charge in [-0.1, -0.05) is 12.1 Å². The summed E-state index contributed by atoms with van der Waals surface area (Å²) in [5, 5.41) is 2.89. The number of carbonyl (C=O) groups is 2. The molecule has 1 aliphatic heterocycles. The quantitative estimate of drug-likeness (QED) is 0.648. The summed E-state index contributed by atoms with van der Waals surface area (Å²) in [5.74, 6) is 1.11. The minimum absolute atomic E-state index is 0.0186. The third kappa shape index (κ3) is 6.56. The molecule has 0 aliphatic carbocycles. The van der Waals surface area contributed by atoms with Gasteiger partial charge in [-0.2, -0.15) is 0 Å². The summed E-state index contributed by atoms with van der Waals surface area (Å²) in [7, 11) is 1.58. The van der Waals surface area contributed by atoms with Gasteiger partial charge in [-0.3, -0.25) is 14.5 Å². The second-order valence-electron chi connectivity index (χ2n) is 7.15. The number of hydrogen-bond acceptors (Lipinski definition) is 5. The molecule has 1 aromatic rings. The molecule has 0 atom stereocenters. The van der Waals surface area contributed by atoms with Gasteiger partial charge in [0.05, 0.1) is 13.7 Å². The average Bonchev–Trinajstić information content (AvgIpc) is 2.66. The first-order chi connectivity index (χ1) is 13.4. The summed E-state index contributed by atoms with van der Waals surface area (Å²) >= 11 is 0. The van der Waals surface area contributed by atoms with Gasteiger partial charge in [0, 0.05) is 32.2 Å². The van der Waals surface area contributed by atoms with E-state index in [2.05, 4.69) is 16.8 Å². The van der Waals surface area contributed by atoms with Crippen LogP contribution < -0.4 is 14.8 Å². The van der Waals surface area contributed by atoms with Gasteiger partial charge < -0.3 is 19.7 Å². The molecule has 1 heterocycles. The van der Waals surface area contributed by atoms with Gasteiger partial charge in [0.15, 0.2) is 18.1 Å². The van der Waals surface area contributed by atoms with Gasteiger partial charge >= 0.3 is 0 Å². The summed E-state index contributed by atoms with van der Waals surface area (Å²) in [6, 6.07) is 5.78. The van der Waals surface area contributed by atoms with Crippen LogP contribution in [0.3, 0.4) is 0 Å². The molecule has 1 fully saturated rings. The van der Waals surface area contributed by atoms with Crippen molar-refractivity contribution < 1.29 is 19.1 Å². The van der Waals surface area contributed by atoms with E-state index in [0.717, 1.165) is 12.0 Å². The topological polar surface area (TPSA) is 71.1 Å². The van der Waals surface area contributed by atoms with E-state index in [0.29, 0.717) is 44.2 Å². The van der Waals surface area contributed by atoms with Crippen LogP contribution in [-0.2, 0) is 16.0 Å². The molecule has 0 unspecified atom stereocenters. The van der Waals surface area contributed by atoms with E-state index >= 15 is 0 Å². The first-order valence-electron chi connectivity index (χ1n) is 9.63. The predicted octanol–water partition coefficient (Wildman–Crippen LogP) is 1.47. The number of piperazine rings is 1. The van der Waals surface area contributed by atoms with Crippen LogP contribution >= 0.6 is 0 Å². The molecule has 0 aromatic heterocycles. The van der Waals surface area contributed by atoms with Gasteiger partial charge in [0.2, 0.25) is 5.91 Å². The second kappa shape index (κ2) is 10.7. The van der Waals surface area contributed by atoms with Crippen molar-refractivity contribution in [2.45, 2.75) is 26.3 Å². The Morgan fingerprint density at radius 3 is 2.54 bits per heavy atom. The van der Waals surface area contributed by atoms with Gasteiger partial charge in [-0.25, -0.2) is 0 Å². The summed E-state index contributed by atoms with van der Waals surface area (Å²) in [4.78, 5) is 28.1. The molecule has 2 rings (SSSR count). The van der Waals surface area contributed by atoms with Crippen LogP contribution in [0.2, 0.25) is 0 Å². The number of hydrogen-bond donors (Lipinski definition) is 1. The number of allylic oxidation sites excluding steroid dienone is 1. The van der Waals surface area contributed by atoms with Crippen LogP contribution in [0.5, 0.6) is 11.5 Å². The monoisotopic (exact) mass is 389 g/mol. The molecule has 1 saturated heterocycles. The predicted molar refractivity (Wildman–Crippen MR) is 109 cm³/mol. The van der Waals surface area contributed by atoms with Crippen molar-refractivity contribution in [2.75, 3.05) is 46.4 Å². The number of benzene rings is 1. The Morgan fingerprint density at radius 1 is 1.21 bits per heavy atom. The Balaban J connectivity index is 1.80. The van der Waals surface area contributed by atoms with Crippen molar-refractivity contribution in [3.05, 3.63) is 36.4 Å². The summed E-state index contributed by atoms with van der Waals surface area (Å²) < 4.78 is 11.1. The molecule has 0 spiro atoms. The Kier molecular flexibility index (Phi) is 8.32. The van der Waals surface area contributed by atoms with Gasteiger partial charge in [-0.05, 0) is 38.0 Å². The number of nitrogens with zero attached hydrogens (tertiary/aromatic N) is 2. The third-order valence-corrected chi connectivity index (χ3v) is 4.50. The normalized spacial score (nSPS) is 14.6. The van der Waals surface area contributed by atoms with Crippen molar-refractivity contribution in [3.63, 3.8) is 0 Å². The number of amides is 2. The maximum Gasteiger partial charge on any atom is 0.260 e. The highest BCUT2D eigenvalue weighted by molar-refractivity contribution is 5.79. The molecule has 0 radical (unpaired) electrons. The van der Waals surface area contributed by atoms with Crippen molar-refractivity contribution >= 4 is 11.8 Å². The molecule has 1 aromatic carbocycles. The van der Waals surface area contributed by atoms with E-state index in [4.69, 9.17) is 9.47 Å². The lowest BCUT2D eigenvalue weighted by Crippen LogP contribution is -2.52. The highest BCUT2D eigenvalue weighted by Gasteiger charge is 2.23. The zero-order valence-electron chi connectivity index (χ0n) is 17.1. The SMILES string of the molecule is C=CCc1ccc(OCC(=O)N2CCN(CC(=O)NC(C)C)CC2)c(OC)c1. The van der Waals surface area contributed by atoms with E-state index in [1.54, 1.807) is 12.0 Å². The lowest BCUT2D eigenvalue weighted by Gasteiger charge is -2.34. The molecule has 28 heavy (non-hydrogen) atoms. The standard InChI is InChI=1S/C21H31N3O4/c1-5-6-17-7-8-18(19(13-17)27-4)28-15-21(26)24-11-9-23(10-12-24)14-20(25)22-16(2)3/h5,7-8,13,16H,1,6,9-12,14-15H2,2-4H3,(H,22,25). The third-order valence-electron chi connectivity index (χ3n) is 4.50. The highest BCUT2D eigenvalue weighted by atomic mass is 16.5. The van der Waals surface area contributed by atoms with Crippen molar-refractivity contribution in [3.8, 4) is 11.5 Å². The first kappa shape index (κ1) is 21.8. The van der Waals surface area contributed by atoms with Crippen LogP contribution in [0.15, 0.2) is 30.9 Å². The van der Waals surface area contributed by atoms with Gasteiger partial charge in [-0.15, -0.1) is 6.58 Å². The zero-order chi connectivity index (χ0) is 20.5. The van der Waals surface area contributed by atoms with E-state index in [-0.39, 0.29) is 24.5 Å². The Labute approximate surface area is 167 Å². The average molecular weight is 389 g/mol. The zero-order valence-corrected chi connectivity index (χ0v) is 17.1. The van der Waals surface area contributed by atoms with Crippen LogP contribution in [-0.4, -0.2) is 74.1 Å². The van der Waals surface area contributed by atoms with Gasteiger partial charge in [0.25, 0.3) is 5.91 Å². The van der Waals surface area contributed by atoms with E-state index in [1.165, 1.54) is 0 Å². The Morgan fingerprint density at radius 2 is 1.93 bits per heavy atom. The number of rotatable bonds is 9. The Hall–Kier alpha value is -2.54. The second-order valence-corrected chi connectivity index (χ2v) is 7.15. The summed E-state index contributed by atoms with van der Waals surface area (Å²) in [6.07, 6.45) is 2.57. The number of nitrogens with one attached hydrogen (secondary N) is 1. The van der Waals surface area contributed by atoms with Crippen LogP contribution in [0, 0.1) is 0 Å². The minimum atomic E-state index is -0.0662. The molecule has 0 saturated carbocycles. The molecule has 0 bridgehead atoms. The van der Waals surface area contributed by atoms with E-state index in [1.807, 2.05) is 38.1 Å². The van der Waals surface area contributed by atoms with Crippen LogP contribution in [0.1, 0.15) is 19.4 Å². The van der Waals surface area contributed by atoms with E-state index in [9.17, 15) is 9.59 Å². The molecule has 7 nitrogen and oxygen atoms in total. The van der Waals surface area contributed by atoms with Crippen molar-refractivity contribution in [1.82, 2.24) is 15.1 Å². The number of carbonyl (C=O) groups excluding carboxylic acids is 2. The lowest BCUT2D eigenvalue weighted by molar-refractivity contribution is -0.135. The maximum absolute atomic E-state index is 12.5. The molecule has 2 amide bonds. The fourth-order valence-corrected chi connectivity index (χ4v) is 3.08. The lowest BCUT2D eigenvalue weighted by atomic mass is 10.1. The fraction of sp³-hybridized carbons (Fsp3) is 0.524. The highest BCUT2D eigenvalue weighted by Crippen LogP contribution is 2.28. The van der Waals surface area contributed by atoms with Crippen LogP contribution in [0.25, 0.3) is 0 Å². The minimum Gasteiger partial charge on any atom is -0.493 e. The Bertz CT molecular complexity index is 682. The molecular weight excluding hydrogens is 358 g/mol. The molecule has 154 valence electrons. The van der Waals surface area contributed by atoms with E-state index < -0.39 is 0 Å². The summed E-state index contributed by atoms with van der Waals surface area (Å²) in [5.41, 5.74) is 1.07. The largest absolute Gasteiger partial charge is 0.493 e.